The number of rotatable bonds is 9. The summed E-state index contributed by atoms with van der Waals surface area (Å²) in [7, 11) is 0. The molecule has 2 aromatic heterocycles. The van der Waals surface area contributed by atoms with Gasteiger partial charge >= 0.3 is 0 Å². The van der Waals surface area contributed by atoms with E-state index in [4.69, 9.17) is 0 Å². The number of nitrogens with zero attached hydrogens (tertiary/aromatic N) is 3. The van der Waals surface area contributed by atoms with Crippen LogP contribution in [0.4, 0.5) is 5.82 Å². The van der Waals surface area contributed by atoms with Crippen LogP contribution in [0.1, 0.15) is 42.5 Å². The Labute approximate surface area is 201 Å². The molecule has 0 saturated heterocycles. The number of carbonyl (C=O) groups excluding carboxylic acids is 1. The van der Waals surface area contributed by atoms with Crippen molar-refractivity contribution in [3.8, 4) is 11.1 Å². The molecular weight excluding hydrogens is 422 g/mol. The van der Waals surface area contributed by atoms with Gasteiger partial charge < -0.3 is 10.6 Å². The quantitative estimate of drug-likeness (QED) is 0.359. The van der Waals surface area contributed by atoms with E-state index in [9.17, 15) is 4.79 Å². The van der Waals surface area contributed by atoms with E-state index < -0.39 is 6.04 Å². The van der Waals surface area contributed by atoms with Crippen molar-refractivity contribution in [2.45, 2.75) is 39.3 Å². The molecule has 6 nitrogen and oxygen atoms in total. The number of aromatic nitrogens is 3. The fraction of sp³-hybridized carbons (Fsp3) is 0.250. The lowest BCUT2D eigenvalue weighted by atomic mass is 9.98. The van der Waals surface area contributed by atoms with E-state index in [-0.39, 0.29) is 11.8 Å². The summed E-state index contributed by atoms with van der Waals surface area (Å²) in [5.74, 6) is 0.647. The third-order valence-electron chi connectivity index (χ3n) is 5.97. The van der Waals surface area contributed by atoms with Crippen molar-refractivity contribution in [2.24, 2.45) is 0 Å². The van der Waals surface area contributed by atoms with Crippen molar-refractivity contribution >= 4 is 11.7 Å². The van der Waals surface area contributed by atoms with Crippen LogP contribution in [0.15, 0.2) is 85.3 Å². The van der Waals surface area contributed by atoms with Crippen molar-refractivity contribution in [2.75, 3.05) is 11.9 Å². The van der Waals surface area contributed by atoms with Crippen molar-refractivity contribution in [3.63, 3.8) is 0 Å². The topological polar surface area (TPSA) is 71.8 Å². The molecule has 0 radical (unpaired) electrons. The highest BCUT2D eigenvalue weighted by atomic mass is 16.2. The SMILES string of the molecule is CCn1cc(-c2ccc(NC(=O)[C@H](NC[C@H](C)c3ccc(C)cc3)c3ccccc3)nc2)cn1. The minimum atomic E-state index is -0.488. The van der Waals surface area contributed by atoms with Gasteiger partial charge in [0, 0.05) is 36.6 Å². The van der Waals surface area contributed by atoms with Crippen LogP contribution in [0, 0.1) is 6.92 Å². The van der Waals surface area contributed by atoms with Gasteiger partial charge in [-0.3, -0.25) is 9.48 Å². The zero-order chi connectivity index (χ0) is 23.9. The van der Waals surface area contributed by atoms with Gasteiger partial charge in [0.2, 0.25) is 5.91 Å². The molecule has 2 aromatic carbocycles. The molecule has 0 aliphatic rings. The Morgan fingerprint density at radius 3 is 2.35 bits per heavy atom. The molecule has 34 heavy (non-hydrogen) atoms. The van der Waals surface area contributed by atoms with Gasteiger partial charge in [0.25, 0.3) is 0 Å². The Balaban J connectivity index is 1.45. The standard InChI is InChI=1S/C28H31N5O/c1-4-33-19-25(18-31-33)24-14-15-26(29-17-24)32-28(34)27(23-8-6-5-7-9-23)30-16-21(3)22-12-10-20(2)11-13-22/h5-15,17-19,21,27,30H,4,16H2,1-3H3,(H,29,32,34)/t21-,27+/m0/s1. The molecule has 0 bridgehead atoms. The van der Waals surface area contributed by atoms with Gasteiger partial charge in [-0.2, -0.15) is 5.10 Å². The maximum absolute atomic E-state index is 13.3. The Morgan fingerprint density at radius 2 is 1.71 bits per heavy atom. The van der Waals surface area contributed by atoms with Crippen molar-refractivity contribution in [1.29, 1.82) is 0 Å². The van der Waals surface area contributed by atoms with E-state index >= 15 is 0 Å². The zero-order valence-corrected chi connectivity index (χ0v) is 19.9. The molecule has 2 N–H and O–H groups in total. The number of hydrogen-bond acceptors (Lipinski definition) is 4. The highest BCUT2D eigenvalue weighted by molar-refractivity contribution is 5.95. The summed E-state index contributed by atoms with van der Waals surface area (Å²) in [6.45, 7) is 7.79. The molecule has 4 rings (SSSR count). The first kappa shape index (κ1) is 23.4. The second-order valence-electron chi connectivity index (χ2n) is 8.57. The van der Waals surface area contributed by atoms with Crippen LogP contribution in [-0.2, 0) is 11.3 Å². The summed E-state index contributed by atoms with van der Waals surface area (Å²) in [6, 6.07) is 21.6. The molecule has 1 amide bonds. The smallest absolute Gasteiger partial charge is 0.247 e. The summed E-state index contributed by atoms with van der Waals surface area (Å²) in [6.07, 6.45) is 5.57. The Kier molecular flexibility index (Phi) is 7.50. The van der Waals surface area contributed by atoms with Gasteiger partial charge in [-0.05, 0) is 43.0 Å². The van der Waals surface area contributed by atoms with Crippen LogP contribution < -0.4 is 10.6 Å². The van der Waals surface area contributed by atoms with Crippen LogP contribution >= 0.6 is 0 Å². The maximum atomic E-state index is 13.3. The fourth-order valence-corrected chi connectivity index (χ4v) is 3.84. The summed E-state index contributed by atoms with van der Waals surface area (Å²) in [4.78, 5) is 17.7. The molecule has 2 atom stereocenters. The minimum absolute atomic E-state index is 0.138. The van der Waals surface area contributed by atoms with Gasteiger partial charge in [0.05, 0.1) is 6.20 Å². The number of nitrogens with one attached hydrogen (secondary N) is 2. The average molecular weight is 454 g/mol. The molecule has 0 fully saturated rings. The maximum Gasteiger partial charge on any atom is 0.247 e. The normalized spacial score (nSPS) is 12.8. The minimum Gasteiger partial charge on any atom is -0.309 e. The predicted octanol–water partition coefficient (Wildman–Crippen LogP) is 5.35. The Bertz CT molecular complexity index is 1200. The average Bonchev–Trinajstić information content (AvgIpc) is 3.35. The van der Waals surface area contributed by atoms with E-state index in [0.29, 0.717) is 12.4 Å². The molecule has 2 heterocycles. The number of hydrogen-bond donors (Lipinski definition) is 2. The fourth-order valence-electron chi connectivity index (χ4n) is 3.84. The first-order chi connectivity index (χ1) is 16.5. The van der Waals surface area contributed by atoms with E-state index in [0.717, 1.165) is 23.2 Å². The van der Waals surface area contributed by atoms with Crippen molar-refractivity contribution in [3.05, 3.63) is 102 Å². The monoisotopic (exact) mass is 453 g/mol. The lowest BCUT2D eigenvalue weighted by Crippen LogP contribution is -2.35. The molecule has 0 aliphatic carbocycles. The number of benzene rings is 2. The third-order valence-corrected chi connectivity index (χ3v) is 5.97. The first-order valence-electron chi connectivity index (χ1n) is 11.7. The summed E-state index contributed by atoms with van der Waals surface area (Å²) < 4.78 is 1.87. The summed E-state index contributed by atoms with van der Waals surface area (Å²) >= 11 is 0. The molecule has 6 heteroatoms. The van der Waals surface area contributed by atoms with Gasteiger partial charge in [-0.15, -0.1) is 0 Å². The van der Waals surface area contributed by atoms with E-state index in [1.165, 1.54) is 11.1 Å². The molecular formula is C28H31N5O. The molecule has 0 unspecified atom stereocenters. The van der Waals surface area contributed by atoms with Gasteiger partial charge in [-0.1, -0.05) is 67.1 Å². The van der Waals surface area contributed by atoms with Crippen LogP contribution in [0.5, 0.6) is 0 Å². The van der Waals surface area contributed by atoms with Crippen LogP contribution in [0.2, 0.25) is 0 Å². The second-order valence-corrected chi connectivity index (χ2v) is 8.57. The number of pyridine rings is 1. The number of carbonyl (C=O) groups is 1. The highest BCUT2D eigenvalue weighted by Crippen LogP contribution is 2.21. The highest BCUT2D eigenvalue weighted by Gasteiger charge is 2.21. The molecule has 4 aromatic rings. The Hall–Kier alpha value is -3.77. The van der Waals surface area contributed by atoms with Crippen molar-refractivity contribution < 1.29 is 4.79 Å². The van der Waals surface area contributed by atoms with E-state index in [2.05, 4.69) is 58.8 Å². The molecule has 174 valence electrons. The first-order valence-corrected chi connectivity index (χ1v) is 11.7. The van der Waals surface area contributed by atoms with Gasteiger partial charge in [0.15, 0.2) is 0 Å². The lowest BCUT2D eigenvalue weighted by Gasteiger charge is -2.21. The largest absolute Gasteiger partial charge is 0.309 e. The third kappa shape index (κ3) is 5.77. The number of anilines is 1. The number of aryl methyl sites for hydroxylation is 2. The molecule has 0 aliphatic heterocycles. The van der Waals surface area contributed by atoms with Gasteiger partial charge in [-0.25, -0.2) is 4.98 Å². The van der Waals surface area contributed by atoms with E-state index in [1.54, 1.807) is 6.20 Å². The summed E-state index contributed by atoms with van der Waals surface area (Å²) in [5.41, 5.74) is 5.36. The lowest BCUT2D eigenvalue weighted by molar-refractivity contribution is -0.118. The van der Waals surface area contributed by atoms with Crippen molar-refractivity contribution in [1.82, 2.24) is 20.1 Å². The zero-order valence-electron chi connectivity index (χ0n) is 19.9. The van der Waals surface area contributed by atoms with Gasteiger partial charge in [0.1, 0.15) is 11.9 Å². The second kappa shape index (κ2) is 10.9. The van der Waals surface area contributed by atoms with Crippen LogP contribution in [0.25, 0.3) is 11.1 Å². The predicted molar refractivity (Wildman–Crippen MR) is 137 cm³/mol. The Morgan fingerprint density at radius 1 is 0.941 bits per heavy atom. The molecule has 0 spiro atoms. The number of amides is 1. The van der Waals surface area contributed by atoms with E-state index in [1.807, 2.05) is 66.5 Å². The molecule has 0 saturated carbocycles. The summed E-state index contributed by atoms with van der Waals surface area (Å²) in [5, 5.41) is 10.7. The van der Waals surface area contributed by atoms with Crippen LogP contribution in [0.3, 0.4) is 0 Å². The van der Waals surface area contributed by atoms with Crippen LogP contribution in [-0.4, -0.2) is 27.2 Å².